The van der Waals surface area contributed by atoms with E-state index in [0.29, 0.717) is 37.5 Å². The molecule has 0 aromatic carbocycles. The lowest BCUT2D eigenvalue weighted by Gasteiger charge is -2.21. The van der Waals surface area contributed by atoms with E-state index in [1.54, 1.807) is 0 Å². The number of aliphatic hydroxyl groups is 1. The summed E-state index contributed by atoms with van der Waals surface area (Å²) in [5.41, 5.74) is 0. The lowest BCUT2D eigenvalue weighted by molar-refractivity contribution is -0.161. The van der Waals surface area contributed by atoms with Crippen molar-refractivity contribution in [3.05, 3.63) is 0 Å². The first kappa shape index (κ1) is 83.1. The Morgan fingerprint density at radius 3 is 0.835 bits per heavy atom. The van der Waals surface area contributed by atoms with E-state index < -0.39 is 97.5 Å². The number of ether oxygens (including phenoxy) is 4. The van der Waals surface area contributed by atoms with Gasteiger partial charge in [-0.15, -0.1) is 0 Å². The zero-order chi connectivity index (χ0) is 63.2. The van der Waals surface area contributed by atoms with Crippen LogP contribution in [-0.4, -0.2) is 96.7 Å². The number of hydrogen-bond donors (Lipinski definition) is 3. The molecule has 0 heterocycles. The number of unbranched alkanes of at least 4 members (excludes halogenated alkanes) is 28. The molecule has 0 saturated heterocycles. The van der Waals surface area contributed by atoms with E-state index in [1.165, 1.54) is 109 Å². The van der Waals surface area contributed by atoms with Crippen molar-refractivity contribution in [1.82, 2.24) is 0 Å². The summed E-state index contributed by atoms with van der Waals surface area (Å²) >= 11 is 0. The maximum Gasteiger partial charge on any atom is 0.472 e. The Kier molecular flexibility index (Phi) is 54.8. The highest BCUT2D eigenvalue weighted by molar-refractivity contribution is 7.47. The number of rotatable bonds is 63. The van der Waals surface area contributed by atoms with Crippen LogP contribution in [0.1, 0.15) is 319 Å². The highest BCUT2D eigenvalue weighted by Crippen LogP contribution is 2.45. The summed E-state index contributed by atoms with van der Waals surface area (Å²) in [4.78, 5) is 72.3. The first-order valence-corrected chi connectivity index (χ1v) is 37.2. The number of esters is 4. The molecule has 0 aromatic heterocycles. The van der Waals surface area contributed by atoms with E-state index in [4.69, 9.17) is 37.0 Å². The third kappa shape index (κ3) is 59.5. The van der Waals surface area contributed by atoms with Crippen LogP contribution >= 0.6 is 15.6 Å². The number of phosphoric acid groups is 2. The summed E-state index contributed by atoms with van der Waals surface area (Å²) in [5.74, 6) is 0.770. The van der Waals surface area contributed by atoms with Gasteiger partial charge in [-0.3, -0.25) is 37.3 Å². The molecule has 0 radical (unpaired) electrons. The van der Waals surface area contributed by atoms with Gasteiger partial charge in [0.2, 0.25) is 0 Å². The van der Waals surface area contributed by atoms with Gasteiger partial charge in [0.05, 0.1) is 26.4 Å². The van der Waals surface area contributed by atoms with Crippen LogP contribution in [0.2, 0.25) is 0 Å². The van der Waals surface area contributed by atoms with E-state index in [2.05, 4.69) is 55.4 Å². The molecule has 0 aliphatic rings. The molecule has 6 atom stereocenters. The molecule has 3 N–H and O–H groups in total. The van der Waals surface area contributed by atoms with E-state index in [0.717, 1.165) is 115 Å². The molecule has 0 aliphatic heterocycles. The molecule has 0 saturated carbocycles. The van der Waals surface area contributed by atoms with Gasteiger partial charge >= 0.3 is 39.5 Å². The molecule has 0 spiro atoms. The molecule has 0 fully saturated rings. The SMILES string of the molecule is CCC(C)CCCCCCCCC(=O)OC[C@H](COP(=O)(O)OC[C@H](O)COP(=O)(O)OC[C@@H](COC(=O)CCCCCCCCCC(C)C)OC(=O)CCCCCCCCCC(C)C)OC(=O)CCCCCCCCCCCCCCC(C)C. The van der Waals surface area contributed by atoms with E-state index in [9.17, 15) is 43.2 Å². The first-order chi connectivity index (χ1) is 40.6. The first-order valence-electron chi connectivity index (χ1n) is 34.2. The molecule has 0 amide bonds. The lowest BCUT2D eigenvalue weighted by atomic mass is 10.00. The molecule has 85 heavy (non-hydrogen) atoms. The van der Waals surface area contributed by atoms with E-state index in [-0.39, 0.29) is 25.7 Å². The van der Waals surface area contributed by atoms with Gasteiger partial charge in [-0.25, -0.2) is 9.13 Å². The number of aliphatic hydroxyl groups excluding tert-OH is 1. The van der Waals surface area contributed by atoms with Gasteiger partial charge in [0.25, 0.3) is 0 Å². The Morgan fingerprint density at radius 1 is 0.329 bits per heavy atom. The van der Waals surface area contributed by atoms with Crippen molar-refractivity contribution >= 4 is 39.5 Å². The van der Waals surface area contributed by atoms with Crippen LogP contribution < -0.4 is 0 Å². The number of carbonyl (C=O) groups is 4. The highest BCUT2D eigenvalue weighted by atomic mass is 31.2. The van der Waals surface area contributed by atoms with E-state index in [1.807, 2.05) is 0 Å². The summed E-state index contributed by atoms with van der Waals surface area (Å²) in [5, 5.41) is 10.5. The van der Waals surface area contributed by atoms with Gasteiger partial charge in [0, 0.05) is 25.7 Å². The standard InChI is InChI=1S/C66H128O17P2/c1-9-59(8)45-37-29-24-25-31-39-47-64(69)77-53-62(82-65(70)48-40-32-21-15-13-11-10-12-14-18-26-34-42-56(2)3)55-81-85(74,75)79-51-60(67)50-78-84(72,73)80-54-61(83-66(71)49-41-33-23-17-20-28-36-44-58(6)7)52-76-63(68)46-38-30-22-16-19-27-35-43-57(4)5/h56-62,67H,9-55H2,1-8H3,(H,72,73)(H,74,75)/t59?,60-,61-,62-/m1/s1. The van der Waals surface area contributed by atoms with Crippen LogP contribution in [0, 0.1) is 23.7 Å². The second-order valence-electron chi connectivity index (χ2n) is 25.5. The average molecular weight is 1260 g/mol. The van der Waals surface area contributed by atoms with E-state index >= 15 is 0 Å². The number of carbonyl (C=O) groups excluding carboxylic acids is 4. The van der Waals surface area contributed by atoms with Crippen LogP contribution in [0.15, 0.2) is 0 Å². The van der Waals surface area contributed by atoms with Crippen molar-refractivity contribution in [2.24, 2.45) is 23.7 Å². The van der Waals surface area contributed by atoms with Crippen LogP contribution in [0.4, 0.5) is 0 Å². The average Bonchev–Trinajstić information content (AvgIpc) is 3.48. The minimum atomic E-state index is -4.95. The summed E-state index contributed by atoms with van der Waals surface area (Å²) in [7, 11) is -9.89. The maximum absolute atomic E-state index is 13.0. The van der Waals surface area contributed by atoms with Crippen molar-refractivity contribution in [2.75, 3.05) is 39.6 Å². The number of hydrogen-bond acceptors (Lipinski definition) is 15. The summed E-state index contributed by atoms with van der Waals surface area (Å²) in [6.07, 6.45) is 36.4. The lowest BCUT2D eigenvalue weighted by Crippen LogP contribution is -2.30. The van der Waals surface area contributed by atoms with Crippen LogP contribution in [0.25, 0.3) is 0 Å². The Balaban J connectivity index is 5.24. The van der Waals surface area contributed by atoms with Crippen LogP contribution in [0.3, 0.4) is 0 Å². The fraction of sp³-hybridized carbons (Fsp3) is 0.939. The Bertz CT molecular complexity index is 1700. The molecule has 504 valence electrons. The molecular formula is C66H128O17P2. The van der Waals surface area contributed by atoms with Gasteiger partial charge in [-0.2, -0.15) is 0 Å². The zero-order valence-corrected chi connectivity index (χ0v) is 57.0. The third-order valence-corrected chi connectivity index (χ3v) is 17.3. The van der Waals surface area contributed by atoms with Crippen molar-refractivity contribution in [1.29, 1.82) is 0 Å². The summed E-state index contributed by atoms with van der Waals surface area (Å²) < 4.78 is 68.1. The molecule has 17 nitrogen and oxygen atoms in total. The monoisotopic (exact) mass is 1250 g/mol. The summed E-state index contributed by atoms with van der Waals surface area (Å²) in [6, 6.07) is 0. The Labute approximate surface area is 517 Å². The fourth-order valence-electron chi connectivity index (χ4n) is 9.75. The molecule has 0 rings (SSSR count). The second-order valence-corrected chi connectivity index (χ2v) is 28.4. The Hall–Kier alpha value is -1.94. The molecule has 19 heteroatoms. The van der Waals surface area contributed by atoms with Crippen molar-refractivity contribution in [2.45, 2.75) is 337 Å². The molecule has 0 bridgehead atoms. The van der Waals surface area contributed by atoms with Crippen LogP contribution in [0.5, 0.6) is 0 Å². The quantitative estimate of drug-likeness (QED) is 0.0222. The molecule has 0 aliphatic carbocycles. The minimum absolute atomic E-state index is 0.102. The second kappa shape index (κ2) is 56.1. The van der Waals surface area contributed by atoms with Crippen molar-refractivity contribution in [3.63, 3.8) is 0 Å². The Morgan fingerprint density at radius 2 is 0.565 bits per heavy atom. The highest BCUT2D eigenvalue weighted by Gasteiger charge is 2.30. The van der Waals surface area contributed by atoms with Crippen molar-refractivity contribution in [3.8, 4) is 0 Å². The smallest absolute Gasteiger partial charge is 0.462 e. The molecule has 3 unspecified atom stereocenters. The molecular weight excluding hydrogens is 1130 g/mol. The van der Waals surface area contributed by atoms with Crippen molar-refractivity contribution < 1.29 is 80.2 Å². The summed E-state index contributed by atoms with van der Waals surface area (Å²) in [6.45, 7) is 14.0. The normalized spacial score (nSPS) is 14.7. The molecule has 0 aromatic rings. The van der Waals surface area contributed by atoms with Gasteiger partial charge in [0.1, 0.15) is 19.3 Å². The number of phosphoric ester groups is 2. The van der Waals surface area contributed by atoms with Crippen LogP contribution in [-0.2, 0) is 65.4 Å². The third-order valence-electron chi connectivity index (χ3n) is 15.4. The van der Waals surface area contributed by atoms with Gasteiger partial charge < -0.3 is 33.8 Å². The predicted molar refractivity (Wildman–Crippen MR) is 340 cm³/mol. The zero-order valence-electron chi connectivity index (χ0n) is 55.2. The predicted octanol–water partition coefficient (Wildman–Crippen LogP) is 18.1. The topological polar surface area (TPSA) is 237 Å². The van der Waals surface area contributed by atoms with Gasteiger partial charge in [-0.05, 0) is 49.4 Å². The minimum Gasteiger partial charge on any atom is -0.462 e. The largest absolute Gasteiger partial charge is 0.472 e. The van der Waals surface area contributed by atoms with Gasteiger partial charge in [0.15, 0.2) is 12.2 Å². The van der Waals surface area contributed by atoms with Gasteiger partial charge in [-0.1, -0.05) is 267 Å². The fourth-order valence-corrected chi connectivity index (χ4v) is 11.3. The maximum atomic E-state index is 13.0.